The predicted octanol–water partition coefficient (Wildman–Crippen LogP) is -1.16. The molecule has 0 aliphatic rings. The van der Waals surface area contributed by atoms with E-state index >= 15 is 0 Å². The van der Waals surface area contributed by atoms with E-state index in [1.54, 1.807) is 0 Å². The molecule has 0 aromatic rings. The highest BCUT2D eigenvalue weighted by Crippen LogP contribution is 2.10. The first-order valence-corrected chi connectivity index (χ1v) is 9.98. The van der Waals surface area contributed by atoms with E-state index < -0.39 is 47.7 Å². The van der Waals surface area contributed by atoms with Crippen molar-refractivity contribution in [3.63, 3.8) is 0 Å². The quantitative estimate of drug-likeness (QED) is 0.200. The molecular formula is C19H35N5O6. The molecule has 0 heterocycles. The highest BCUT2D eigenvalue weighted by Gasteiger charge is 2.30. The van der Waals surface area contributed by atoms with Crippen LogP contribution >= 0.6 is 0 Å². The molecule has 0 saturated carbocycles. The lowest BCUT2D eigenvalue weighted by Crippen LogP contribution is -2.56. The highest BCUT2D eigenvalue weighted by molar-refractivity contribution is 5.93. The second-order valence-electron chi connectivity index (χ2n) is 8.05. The SMILES string of the molecule is CC(C)CC(NC(=O)CN)C(=O)NC(CC(C)C)C(=O)NC(CCC(N)=O)C(=O)O. The van der Waals surface area contributed by atoms with Crippen molar-refractivity contribution in [2.75, 3.05) is 6.54 Å². The van der Waals surface area contributed by atoms with Gasteiger partial charge in [-0.15, -0.1) is 0 Å². The summed E-state index contributed by atoms with van der Waals surface area (Å²) in [7, 11) is 0. The molecule has 0 radical (unpaired) electrons. The maximum atomic E-state index is 12.7. The molecule has 3 atom stereocenters. The average Bonchev–Trinajstić information content (AvgIpc) is 2.62. The van der Waals surface area contributed by atoms with Crippen molar-refractivity contribution >= 4 is 29.6 Å². The summed E-state index contributed by atoms with van der Waals surface area (Å²) in [6, 6.07) is -3.22. The molecule has 0 rings (SSSR count). The Morgan fingerprint density at radius 3 is 1.60 bits per heavy atom. The number of amides is 4. The Morgan fingerprint density at radius 1 is 0.800 bits per heavy atom. The van der Waals surface area contributed by atoms with Gasteiger partial charge in [0.1, 0.15) is 18.1 Å². The van der Waals surface area contributed by atoms with E-state index in [0.29, 0.717) is 6.42 Å². The minimum atomic E-state index is -1.32. The van der Waals surface area contributed by atoms with E-state index in [2.05, 4.69) is 16.0 Å². The molecule has 30 heavy (non-hydrogen) atoms. The fraction of sp³-hybridized carbons (Fsp3) is 0.737. The number of rotatable bonds is 14. The van der Waals surface area contributed by atoms with Crippen molar-refractivity contribution in [2.24, 2.45) is 23.3 Å². The van der Waals surface area contributed by atoms with Crippen LogP contribution in [0.3, 0.4) is 0 Å². The Bertz CT molecular complexity index is 623. The lowest BCUT2D eigenvalue weighted by Gasteiger charge is -2.26. The molecule has 0 aliphatic heterocycles. The third-order valence-electron chi connectivity index (χ3n) is 4.18. The molecule has 0 spiro atoms. The largest absolute Gasteiger partial charge is 0.480 e. The minimum Gasteiger partial charge on any atom is -0.480 e. The van der Waals surface area contributed by atoms with Crippen LogP contribution in [-0.4, -0.2) is 59.4 Å². The zero-order valence-electron chi connectivity index (χ0n) is 18.1. The third-order valence-corrected chi connectivity index (χ3v) is 4.18. The summed E-state index contributed by atoms with van der Waals surface area (Å²) >= 11 is 0. The Labute approximate surface area is 176 Å². The Balaban J connectivity index is 5.36. The normalized spacial score (nSPS) is 14.0. The number of primary amides is 1. The van der Waals surface area contributed by atoms with E-state index in [0.717, 1.165) is 0 Å². The molecule has 0 bridgehead atoms. The summed E-state index contributed by atoms with van der Waals surface area (Å²) in [6.07, 6.45) is 0.213. The van der Waals surface area contributed by atoms with Crippen molar-refractivity contribution in [3.8, 4) is 0 Å². The van der Waals surface area contributed by atoms with Crippen LogP contribution in [0.25, 0.3) is 0 Å². The number of nitrogens with one attached hydrogen (secondary N) is 3. The van der Waals surface area contributed by atoms with Crippen LogP contribution in [0.15, 0.2) is 0 Å². The molecule has 0 saturated heterocycles. The zero-order chi connectivity index (χ0) is 23.4. The van der Waals surface area contributed by atoms with E-state index in [4.69, 9.17) is 11.5 Å². The molecule has 172 valence electrons. The number of carboxylic acids is 1. The van der Waals surface area contributed by atoms with Gasteiger partial charge in [-0.3, -0.25) is 19.2 Å². The summed E-state index contributed by atoms with van der Waals surface area (Å²) in [6.45, 7) is 7.16. The first-order chi connectivity index (χ1) is 13.9. The summed E-state index contributed by atoms with van der Waals surface area (Å²) in [5, 5.41) is 16.8. The maximum absolute atomic E-state index is 12.7. The fourth-order valence-electron chi connectivity index (χ4n) is 2.75. The Kier molecular flexibility index (Phi) is 12.3. The fourth-order valence-corrected chi connectivity index (χ4v) is 2.75. The topological polar surface area (TPSA) is 194 Å². The van der Waals surface area contributed by atoms with Crippen LogP contribution < -0.4 is 27.4 Å². The van der Waals surface area contributed by atoms with Crippen molar-refractivity contribution in [1.82, 2.24) is 16.0 Å². The number of carbonyl (C=O) groups is 5. The molecule has 11 nitrogen and oxygen atoms in total. The number of carboxylic acid groups (broad SMARTS) is 1. The van der Waals surface area contributed by atoms with Crippen molar-refractivity contribution in [1.29, 1.82) is 0 Å². The Hall–Kier alpha value is -2.69. The van der Waals surface area contributed by atoms with Gasteiger partial charge in [-0.2, -0.15) is 0 Å². The second-order valence-corrected chi connectivity index (χ2v) is 8.05. The van der Waals surface area contributed by atoms with Crippen molar-refractivity contribution in [2.45, 2.75) is 71.5 Å². The number of carbonyl (C=O) groups excluding carboxylic acids is 4. The summed E-state index contributed by atoms with van der Waals surface area (Å²) < 4.78 is 0. The molecule has 8 N–H and O–H groups in total. The highest BCUT2D eigenvalue weighted by atomic mass is 16.4. The van der Waals surface area contributed by atoms with Gasteiger partial charge in [-0.1, -0.05) is 27.7 Å². The average molecular weight is 430 g/mol. The number of nitrogens with two attached hydrogens (primary N) is 2. The second kappa shape index (κ2) is 13.5. The maximum Gasteiger partial charge on any atom is 0.326 e. The van der Waals surface area contributed by atoms with Gasteiger partial charge in [-0.05, 0) is 31.1 Å². The molecule has 4 amide bonds. The minimum absolute atomic E-state index is 0.0112. The van der Waals surface area contributed by atoms with E-state index in [1.807, 2.05) is 27.7 Å². The number of aliphatic carboxylic acids is 1. The van der Waals surface area contributed by atoms with Gasteiger partial charge < -0.3 is 32.5 Å². The van der Waals surface area contributed by atoms with Crippen LogP contribution in [0, 0.1) is 11.8 Å². The van der Waals surface area contributed by atoms with Crippen molar-refractivity contribution < 1.29 is 29.1 Å². The van der Waals surface area contributed by atoms with Gasteiger partial charge in [0.15, 0.2) is 0 Å². The summed E-state index contributed by atoms with van der Waals surface area (Å²) in [5.41, 5.74) is 10.3. The first-order valence-electron chi connectivity index (χ1n) is 9.98. The first kappa shape index (κ1) is 27.3. The van der Waals surface area contributed by atoms with Gasteiger partial charge >= 0.3 is 5.97 Å². The molecule has 0 aromatic carbocycles. The summed E-state index contributed by atoms with van der Waals surface area (Å²) in [4.78, 5) is 59.4. The molecule has 11 heteroatoms. The molecule has 0 aliphatic carbocycles. The summed E-state index contributed by atoms with van der Waals surface area (Å²) in [5.74, 6) is -3.66. The standard InChI is InChI=1S/C19H35N5O6/c1-10(2)7-13(22-16(26)9-20)17(27)24-14(8-11(3)4)18(28)23-12(19(29)30)5-6-15(21)25/h10-14H,5-9,20H2,1-4H3,(H2,21,25)(H,22,26)(H,23,28)(H,24,27)(H,29,30). The van der Waals surface area contributed by atoms with Gasteiger partial charge in [-0.25, -0.2) is 4.79 Å². The molecule has 0 aromatic heterocycles. The van der Waals surface area contributed by atoms with Crippen LogP contribution in [0.1, 0.15) is 53.4 Å². The monoisotopic (exact) mass is 429 g/mol. The lowest BCUT2D eigenvalue weighted by atomic mass is 9.99. The zero-order valence-corrected chi connectivity index (χ0v) is 18.1. The van der Waals surface area contributed by atoms with Crippen LogP contribution in [-0.2, 0) is 24.0 Å². The molecule has 0 fully saturated rings. The van der Waals surface area contributed by atoms with Gasteiger partial charge in [0.25, 0.3) is 0 Å². The number of hydrogen-bond donors (Lipinski definition) is 6. The van der Waals surface area contributed by atoms with E-state index in [9.17, 15) is 29.1 Å². The van der Waals surface area contributed by atoms with Crippen molar-refractivity contribution in [3.05, 3.63) is 0 Å². The third kappa shape index (κ3) is 11.3. The van der Waals surface area contributed by atoms with Crippen LogP contribution in [0.2, 0.25) is 0 Å². The lowest BCUT2D eigenvalue weighted by molar-refractivity contribution is -0.142. The van der Waals surface area contributed by atoms with Gasteiger partial charge in [0, 0.05) is 6.42 Å². The van der Waals surface area contributed by atoms with Crippen LogP contribution in [0.5, 0.6) is 0 Å². The van der Waals surface area contributed by atoms with Gasteiger partial charge in [0.2, 0.25) is 23.6 Å². The van der Waals surface area contributed by atoms with E-state index in [-0.39, 0.29) is 37.6 Å². The Morgan fingerprint density at radius 2 is 1.23 bits per heavy atom. The predicted molar refractivity (Wildman–Crippen MR) is 110 cm³/mol. The molecular weight excluding hydrogens is 394 g/mol. The smallest absolute Gasteiger partial charge is 0.326 e. The van der Waals surface area contributed by atoms with Gasteiger partial charge in [0.05, 0.1) is 6.54 Å². The number of hydrogen-bond acceptors (Lipinski definition) is 6. The van der Waals surface area contributed by atoms with E-state index in [1.165, 1.54) is 0 Å². The van der Waals surface area contributed by atoms with Crippen LogP contribution in [0.4, 0.5) is 0 Å². The molecule has 3 unspecified atom stereocenters.